The minimum Gasteiger partial charge on any atom is -0.318 e. The molecule has 0 radical (unpaired) electrons. The first kappa shape index (κ1) is 9.67. The van der Waals surface area contributed by atoms with Gasteiger partial charge in [-0.05, 0) is 12.1 Å². The molecule has 2 aromatic rings. The van der Waals surface area contributed by atoms with Crippen LogP contribution in [0.5, 0.6) is 0 Å². The molecule has 0 unspecified atom stereocenters. The lowest BCUT2D eigenvalue weighted by Crippen LogP contribution is -2.13. The van der Waals surface area contributed by atoms with E-state index in [1.165, 1.54) is 6.20 Å². The van der Waals surface area contributed by atoms with Crippen molar-refractivity contribution in [2.75, 3.05) is 5.32 Å². The van der Waals surface area contributed by atoms with Crippen molar-refractivity contribution in [1.29, 1.82) is 0 Å². The van der Waals surface area contributed by atoms with Crippen molar-refractivity contribution in [3.63, 3.8) is 0 Å². The summed E-state index contributed by atoms with van der Waals surface area (Å²) >= 11 is 5.66. The highest BCUT2D eigenvalue weighted by atomic mass is 35.5. The first-order chi connectivity index (χ1) is 7.25. The topological polar surface area (TPSA) is 70.7 Å². The second-order valence-corrected chi connectivity index (χ2v) is 3.17. The number of nitrogens with zero attached hydrogens (tertiary/aromatic N) is 2. The molecule has 0 aliphatic rings. The van der Waals surface area contributed by atoms with Gasteiger partial charge in [-0.3, -0.25) is 9.89 Å². The summed E-state index contributed by atoms with van der Waals surface area (Å²) in [4.78, 5) is 15.5. The van der Waals surface area contributed by atoms with E-state index in [0.29, 0.717) is 5.69 Å². The predicted octanol–water partition coefficient (Wildman–Crippen LogP) is 1.71. The average Bonchev–Trinajstić information content (AvgIpc) is 2.70. The first-order valence-corrected chi connectivity index (χ1v) is 4.56. The lowest BCUT2D eigenvalue weighted by atomic mass is 10.3. The highest BCUT2D eigenvalue weighted by Crippen LogP contribution is 2.08. The Hall–Kier alpha value is -1.88. The first-order valence-electron chi connectivity index (χ1n) is 4.18. The molecule has 0 spiro atoms. The van der Waals surface area contributed by atoms with Gasteiger partial charge in [0.25, 0.3) is 5.91 Å². The number of nitrogens with one attached hydrogen (secondary N) is 2. The molecule has 2 aromatic heterocycles. The number of aromatic nitrogens is 3. The maximum Gasteiger partial charge on any atom is 0.274 e. The average molecular weight is 223 g/mol. The van der Waals surface area contributed by atoms with Gasteiger partial charge in [0.15, 0.2) is 0 Å². The molecule has 2 N–H and O–H groups in total. The summed E-state index contributed by atoms with van der Waals surface area (Å²) in [5, 5.41) is 9.19. The van der Waals surface area contributed by atoms with E-state index < -0.39 is 0 Å². The molecule has 0 aliphatic carbocycles. The van der Waals surface area contributed by atoms with E-state index in [1.807, 2.05) is 0 Å². The van der Waals surface area contributed by atoms with E-state index in [4.69, 9.17) is 11.6 Å². The second kappa shape index (κ2) is 4.10. The summed E-state index contributed by atoms with van der Waals surface area (Å²) in [7, 11) is 0. The van der Waals surface area contributed by atoms with Crippen molar-refractivity contribution in [2.45, 2.75) is 0 Å². The van der Waals surface area contributed by atoms with Crippen molar-refractivity contribution in [2.24, 2.45) is 0 Å². The predicted molar refractivity (Wildman–Crippen MR) is 55.8 cm³/mol. The third-order valence-corrected chi connectivity index (χ3v) is 1.91. The molecule has 6 heteroatoms. The molecule has 76 valence electrons. The molecule has 5 nitrogen and oxygen atoms in total. The van der Waals surface area contributed by atoms with Gasteiger partial charge in [0.1, 0.15) is 10.8 Å². The molecule has 0 saturated heterocycles. The van der Waals surface area contributed by atoms with Gasteiger partial charge in [-0.1, -0.05) is 17.7 Å². The molecule has 0 aliphatic heterocycles. The molecule has 2 rings (SSSR count). The van der Waals surface area contributed by atoms with Crippen molar-refractivity contribution in [3.05, 3.63) is 41.4 Å². The minimum atomic E-state index is -0.320. The van der Waals surface area contributed by atoms with Gasteiger partial charge in [0.05, 0.1) is 11.9 Å². The molecule has 1 amide bonds. The molecular formula is C9H7ClN4O. The zero-order chi connectivity index (χ0) is 10.7. The highest BCUT2D eigenvalue weighted by Gasteiger charge is 2.07. The second-order valence-electron chi connectivity index (χ2n) is 2.79. The monoisotopic (exact) mass is 222 g/mol. The number of H-pyrrole nitrogens is 1. The van der Waals surface area contributed by atoms with Crippen LogP contribution in [0.25, 0.3) is 0 Å². The van der Waals surface area contributed by atoms with E-state index in [-0.39, 0.29) is 16.8 Å². The van der Waals surface area contributed by atoms with Crippen LogP contribution in [0, 0.1) is 0 Å². The van der Waals surface area contributed by atoms with Gasteiger partial charge in [-0.15, -0.1) is 0 Å². The lowest BCUT2D eigenvalue weighted by Gasteiger charge is -2.00. The number of pyridine rings is 1. The van der Waals surface area contributed by atoms with Gasteiger partial charge >= 0.3 is 0 Å². The van der Waals surface area contributed by atoms with E-state index in [9.17, 15) is 4.79 Å². The van der Waals surface area contributed by atoms with Crippen molar-refractivity contribution >= 4 is 23.2 Å². The SMILES string of the molecule is O=C(Nc1cn[nH]c1)c1cccc(Cl)n1. The summed E-state index contributed by atoms with van der Waals surface area (Å²) in [5.41, 5.74) is 0.852. The molecule has 0 atom stereocenters. The number of aromatic amines is 1. The van der Waals surface area contributed by atoms with Crippen LogP contribution in [0.2, 0.25) is 5.15 Å². The third-order valence-electron chi connectivity index (χ3n) is 1.70. The van der Waals surface area contributed by atoms with Crippen molar-refractivity contribution in [3.8, 4) is 0 Å². The number of hydrogen-bond acceptors (Lipinski definition) is 3. The molecule has 0 aromatic carbocycles. The molecule has 15 heavy (non-hydrogen) atoms. The number of amides is 1. The Labute approximate surface area is 90.5 Å². The van der Waals surface area contributed by atoms with Crippen LogP contribution in [-0.2, 0) is 0 Å². The van der Waals surface area contributed by atoms with Crippen LogP contribution in [0.4, 0.5) is 5.69 Å². The fourth-order valence-corrected chi connectivity index (χ4v) is 1.21. The lowest BCUT2D eigenvalue weighted by molar-refractivity contribution is 0.102. The van der Waals surface area contributed by atoms with Crippen LogP contribution in [-0.4, -0.2) is 21.1 Å². The van der Waals surface area contributed by atoms with E-state index in [1.54, 1.807) is 24.4 Å². The highest BCUT2D eigenvalue weighted by molar-refractivity contribution is 6.29. The molecular weight excluding hydrogens is 216 g/mol. The molecule has 2 heterocycles. The fraction of sp³-hybridized carbons (Fsp3) is 0. The summed E-state index contributed by atoms with van der Waals surface area (Å²) < 4.78 is 0. The Bertz CT molecular complexity index is 469. The third kappa shape index (κ3) is 2.32. The van der Waals surface area contributed by atoms with Gasteiger partial charge in [0.2, 0.25) is 0 Å². The Kier molecular flexibility index (Phi) is 2.64. The van der Waals surface area contributed by atoms with Gasteiger partial charge in [0, 0.05) is 6.20 Å². The zero-order valence-electron chi connectivity index (χ0n) is 7.57. The summed E-state index contributed by atoms with van der Waals surface area (Å²) in [6, 6.07) is 4.86. The van der Waals surface area contributed by atoms with E-state index >= 15 is 0 Å². The fourth-order valence-electron chi connectivity index (χ4n) is 1.05. The Balaban J connectivity index is 2.15. The van der Waals surface area contributed by atoms with E-state index in [2.05, 4.69) is 20.5 Å². The Morgan fingerprint density at radius 1 is 1.47 bits per heavy atom. The summed E-state index contributed by atoms with van der Waals surface area (Å²) in [6.45, 7) is 0. The molecule has 0 bridgehead atoms. The maximum absolute atomic E-state index is 11.6. The van der Waals surface area contributed by atoms with Crippen LogP contribution in [0.15, 0.2) is 30.6 Å². The number of halogens is 1. The van der Waals surface area contributed by atoms with Crippen LogP contribution < -0.4 is 5.32 Å². The zero-order valence-corrected chi connectivity index (χ0v) is 8.32. The normalized spacial score (nSPS) is 9.93. The van der Waals surface area contributed by atoms with Crippen LogP contribution >= 0.6 is 11.6 Å². The Morgan fingerprint density at radius 2 is 2.33 bits per heavy atom. The minimum absolute atomic E-state index is 0.267. The molecule has 0 saturated carbocycles. The number of carbonyl (C=O) groups is 1. The van der Waals surface area contributed by atoms with Crippen LogP contribution in [0.1, 0.15) is 10.5 Å². The summed E-state index contributed by atoms with van der Waals surface area (Å²) in [6.07, 6.45) is 3.07. The standard InChI is InChI=1S/C9H7ClN4O/c10-8-3-1-2-7(14-8)9(15)13-6-4-11-12-5-6/h1-5H,(H,11,12)(H,13,15). The van der Waals surface area contributed by atoms with Crippen LogP contribution in [0.3, 0.4) is 0 Å². The Morgan fingerprint density at radius 3 is 3.00 bits per heavy atom. The van der Waals surface area contributed by atoms with Crippen molar-refractivity contribution < 1.29 is 4.79 Å². The number of anilines is 1. The smallest absolute Gasteiger partial charge is 0.274 e. The molecule has 0 fully saturated rings. The number of carbonyl (C=O) groups excluding carboxylic acids is 1. The van der Waals surface area contributed by atoms with E-state index in [0.717, 1.165) is 0 Å². The maximum atomic E-state index is 11.6. The van der Waals surface area contributed by atoms with Gasteiger partial charge < -0.3 is 5.32 Å². The number of hydrogen-bond donors (Lipinski definition) is 2. The van der Waals surface area contributed by atoms with Gasteiger partial charge in [-0.2, -0.15) is 5.10 Å². The van der Waals surface area contributed by atoms with Gasteiger partial charge in [-0.25, -0.2) is 4.98 Å². The quantitative estimate of drug-likeness (QED) is 0.760. The largest absolute Gasteiger partial charge is 0.318 e. The summed E-state index contributed by atoms with van der Waals surface area (Å²) in [5.74, 6) is -0.320. The van der Waals surface area contributed by atoms with Crippen molar-refractivity contribution in [1.82, 2.24) is 15.2 Å². The number of rotatable bonds is 2.